The zero-order chi connectivity index (χ0) is 14.4. The molecule has 0 unspecified atom stereocenters. The highest BCUT2D eigenvalue weighted by molar-refractivity contribution is 5.94. The highest BCUT2D eigenvalue weighted by atomic mass is 16.1. The fourth-order valence-electron chi connectivity index (χ4n) is 2.46. The Bertz CT molecular complexity index is 439. The van der Waals surface area contributed by atoms with Crippen molar-refractivity contribution in [3.05, 3.63) is 35.4 Å². The summed E-state index contributed by atoms with van der Waals surface area (Å²) in [5, 5.41) is 3.00. The molecule has 1 heterocycles. The summed E-state index contributed by atoms with van der Waals surface area (Å²) in [5.41, 5.74) is 1.87. The smallest absolute Gasteiger partial charge is 0.251 e. The van der Waals surface area contributed by atoms with E-state index in [9.17, 15) is 4.79 Å². The van der Waals surface area contributed by atoms with E-state index >= 15 is 0 Å². The van der Waals surface area contributed by atoms with Crippen LogP contribution < -0.4 is 5.32 Å². The molecule has 1 aromatic carbocycles. The second kappa shape index (κ2) is 7.41. The molecule has 0 spiro atoms. The molecule has 0 saturated carbocycles. The molecule has 1 saturated heterocycles. The topological polar surface area (TPSA) is 35.6 Å². The minimum atomic E-state index is 0.0343. The second-order valence-corrected chi connectivity index (χ2v) is 5.62. The zero-order valence-electron chi connectivity index (χ0n) is 12.6. The summed E-state index contributed by atoms with van der Waals surface area (Å²) in [6.45, 7) is 8.40. The summed E-state index contributed by atoms with van der Waals surface area (Å²) in [6, 6.07) is 7.72. The van der Waals surface area contributed by atoms with Crippen LogP contribution in [0.5, 0.6) is 0 Å². The van der Waals surface area contributed by atoms with E-state index in [-0.39, 0.29) is 5.91 Å². The minimum Gasteiger partial charge on any atom is -0.352 e. The van der Waals surface area contributed by atoms with Crippen molar-refractivity contribution in [2.24, 2.45) is 0 Å². The maximum atomic E-state index is 12.0. The number of aryl methyl sites for hydroxylation is 1. The molecule has 0 bridgehead atoms. The molecular formula is C16H25N3O. The van der Waals surface area contributed by atoms with Crippen LogP contribution in [0.25, 0.3) is 0 Å². The molecule has 1 amide bonds. The molecule has 1 fully saturated rings. The fraction of sp³-hybridized carbons (Fsp3) is 0.562. The van der Waals surface area contributed by atoms with Gasteiger partial charge in [-0.15, -0.1) is 0 Å². The Morgan fingerprint density at radius 1 is 1.25 bits per heavy atom. The number of rotatable bonds is 5. The molecule has 1 aromatic rings. The summed E-state index contributed by atoms with van der Waals surface area (Å²) < 4.78 is 0. The largest absolute Gasteiger partial charge is 0.352 e. The molecular weight excluding hydrogens is 250 g/mol. The van der Waals surface area contributed by atoms with Crippen LogP contribution in [-0.4, -0.2) is 62.0 Å². The third kappa shape index (κ3) is 4.62. The predicted octanol–water partition coefficient (Wildman–Crippen LogP) is 1.36. The van der Waals surface area contributed by atoms with E-state index in [1.165, 1.54) is 0 Å². The Morgan fingerprint density at radius 2 is 2.00 bits per heavy atom. The Kier molecular flexibility index (Phi) is 5.56. The monoisotopic (exact) mass is 275 g/mol. The molecule has 2 rings (SSSR count). The van der Waals surface area contributed by atoms with E-state index in [2.05, 4.69) is 22.2 Å². The Balaban J connectivity index is 1.64. The van der Waals surface area contributed by atoms with Gasteiger partial charge in [-0.05, 0) is 39.1 Å². The molecule has 4 heteroatoms. The van der Waals surface area contributed by atoms with Gasteiger partial charge in [0.25, 0.3) is 5.91 Å². The van der Waals surface area contributed by atoms with Gasteiger partial charge in [0.05, 0.1) is 0 Å². The third-order valence-electron chi connectivity index (χ3n) is 3.81. The van der Waals surface area contributed by atoms with E-state index in [0.717, 1.165) is 56.8 Å². The number of amides is 1. The lowest BCUT2D eigenvalue weighted by atomic mass is 10.1. The molecule has 110 valence electrons. The standard InChI is InChI=1S/C16H25N3O/c1-14-5-3-6-15(13-14)16(20)17-7-4-8-19-11-9-18(2)10-12-19/h3,5-6,13H,4,7-12H2,1-2H3,(H,17,20). The molecule has 0 radical (unpaired) electrons. The summed E-state index contributed by atoms with van der Waals surface area (Å²) in [5.74, 6) is 0.0343. The van der Waals surface area contributed by atoms with Gasteiger partial charge in [0.1, 0.15) is 0 Å². The highest BCUT2D eigenvalue weighted by Gasteiger charge is 2.13. The molecule has 1 N–H and O–H groups in total. The van der Waals surface area contributed by atoms with Crippen molar-refractivity contribution in [1.82, 2.24) is 15.1 Å². The number of benzene rings is 1. The van der Waals surface area contributed by atoms with Crippen LogP contribution in [-0.2, 0) is 0 Å². The van der Waals surface area contributed by atoms with E-state index in [4.69, 9.17) is 0 Å². The Hall–Kier alpha value is -1.39. The van der Waals surface area contributed by atoms with Crippen molar-refractivity contribution >= 4 is 5.91 Å². The van der Waals surface area contributed by atoms with Crippen molar-refractivity contribution in [2.75, 3.05) is 46.3 Å². The summed E-state index contributed by atoms with van der Waals surface area (Å²) in [6.07, 6.45) is 1.02. The number of hydrogen-bond acceptors (Lipinski definition) is 3. The van der Waals surface area contributed by atoms with Gasteiger partial charge in [0.15, 0.2) is 0 Å². The molecule has 0 atom stereocenters. The maximum absolute atomic E-state index is 12.0. The molecule has 4 nitrogen and oxygen atoms in total. The van der Waals surface area contributed by atoms with Crippen LogP contribution in [0, 0.1) is 6.92 Å². The number of likely N-dealkylation sites (N-methyl/N-ethyl adjacent to an activating group) is 1. The van der Waals surface area contributed by atoms with Crippen LogP contribution in [0.2, 0.25) is 0 Å². The second-order valence-electron chi connectivity index (χ2n) is 5.62. The van der Waals surface area contributed by atoms with Gasteiger partial charge in [0.2, 0.25) is 0 Å². The number of nitrogens with one attached hydrogen (secondary N) is 1. The number of piperazine rings is 1. The average Bonchev–Trinajstić information content (AvgIpc) is 2.45. The van der Waals surface area contributed by atoms with E-state index in [1.807, 2.05) is 31.2 Å². The first-order valence-corrected chi connectivity index (χ1v) is 7.41. The van der Waals surface area contributed by atoms with Crippen LogP contribution in [0.1, 0.15) is 22.3 Å². The summed E-state index contributed by atoms with van der Waals surface area (Å²) >= 11 is 0. The van der Waals surface area contributed by atoms with Crippen molar-refractivity contribution in [1.29, 1.82) is 0 Å². The van der Waals surface area contributed by atoms with Gasteiger partial charge >= 0.3 is 0 Å². The summed E-state index contributed by atoms with van der Waals surface area (Å²) in [4.78, 5) is 16.8. The van der Waals surface area contributed by atoms with Crippen LogP contribution >= 0.6 is 0 Å². The lowest BCUT2D eigenvalue weighted by Crippen LogP contribution is -2.45. The maximum Gasteiger partial charge on any atom is 0.251 e. The normalized spacial score (nSPS) is 17.1. The molecule has 0 aliphatic carbocycles. The van der Waals surface area contributed by atoms with Crippen molar-refractivity contribution < 1.29 is 4.79 Å². The van der Waals surface area contributed by atoms with Crippen LogP contribution in [0.15, 0.2) is 24.3 Å². The van der Waals surface area contributed by atoms with E-state index in [1.54, 1.807) is 0 Å². The first-order chi connectivity index (χ1) is 9.65. The number of carbonyl (C=O) groups excluding carboxylic acids is 1. The first-order valence-electron chi connectivity index (χ1n) is 7.41. The van der Waals surface area contributed by atoms with Crippen molar-refractivity contribution in [3.8, 4) is 0 Å². The van der Waals surface area contributed by atoms with Crippen LogP contribution in [0.4, 0.5) is 0 Å². The lowest BCUT2D eigenvalue weighted by molar-refractivity contribution is 0.0949. The minimum absolute atomic E-state index is 0.0343. The fourth-order valence-corrected chi connectivity index (χ4v) is 2.46. The van der Waals surface area contributed by atoms with Gasteiger partial charge in [0, 0.05) is 38.3 Å². The van der Waals surface area contributed by atoms with Gasteiger partial charge in [-0.2, -0.15) is 0 Å². The van der Waals surface area contributed by atoms with E-state index in [0.29, 0.717) is 0 Å². The third-order valence-corrected chi connectivity index (χ3v) is 3.81. The molecule has 1 aliphatic heterocycles. The Labute approximate surface area is 121 Å². The van der Waals surface area contributed by atoms with Crippen molar-refractivity contribution in [3.63, 3.8) is 0 Å². The van der Waals surface area contributed by atoms with E-state index < -0.39 is 0 Å². The number of carbonyl (C=O) groups is 1. The van der Waals surface area contributed by atoms with Gasteiger partial charge in [-0.1, -0.05) is 17.7 Å². The zero-order valence-corrected chi connectivity index (χ0v) is 12.6. The highest BCUT2D eigenvalue weighted by Crippen LogP contribution is 2.04. The number of hydrogen-bond donors (Lipinski definition) is 1. The molecule has 0 aromatic heterocycles. The van der Waals surface area contributed by atoms with Gasteiger partial charge in [-0.25, -0.2) is 0 Å². The summed E-state index contributed by atoms with van der Waals surface area (Å²) in [7, 11) is 2.17. The first kappa shape index (κ1) is 15.0. The average molecular weight is 275 g/mol. The van der Waals surface area contributed by atoms with Gasteiger partial charge < -0.3 is 15.1 Å². The lowest BCUT2D eigenvalue weighted by Gasteiger charge is -2.32. The van der Waals surface area contributed by atoms with Crippen LogP contribution in [0.3, 0.4) is 0 Å². The quantitative estimate of drug-likeness (QED) is 0.824. The SMILES string of the molecule is Cc1cccc(C(=O)NCCCN2CCN(C)CC2)c1. The van der Waals surface area contributed by atoms with Crippen molar-refractivity contribution in [2.45, 2.75) is 13.3 Å². The molecule has 20 heavy (non-hydrogen) atoms. The molecule has 1 aliphatic rings. The number of nitrogens with zero attached hydrogens (tertiary/aromatic N) is 2. The predicted molar refractivity (Wildman–Crippen MR) is 82.1 cm³/mol. The van der Waals surface area contributed by atoms with Gasteiger partial charge in [-0.3, -0.25) is 4.79 Å². The Morgan fingerprint density at radius 3 is 2.70 bits per heavy atom.